The maximum Gasteiger partial charge on any atom is 0.328 e. The first kappa shape index (κ1) is 16.4. The number of carboxylic acids is 1. The second-order valence-electron chi connectivity index (χ2n) is 5.03. The number of aliphatic carboxylic acids is 1. The highest BCUT2D eigenvalue weighted by molar-refractivity contribution is 7.15. The molecule has 0 saturated heterocycles. The number of hydrogen-bond acceptors (Lipinski definition) is 3. The van der Waals surface area contributed by atoms with Gasteiger partial charge in [0.1, 0.15) is 0 Å². The third-order valence-electron chi connectivity index (χ3n) is 3.17. The molecule has 110 valence electrons. The summed E-state index contributed by atoms with van der Waals surface area (Å²) in [6.07, 6.45) is 3.66. The average Bonchev–Trinajstić information content (AvgIpc) is 2.76. The zero-order valence-corrected chi connectivity index (χ0v) is 13.2. The van der Waals surface area contributed by atoms with E-state index in [-0.39, 0.29) is 5.91 Å². The van der Waals surface area contributed by atoms with E-state index in [1.165, 1.54) is 17.4 Å². The highest BCUT2D eigenvalue weighted by atomic mass is 32.1. The molecule has 1 aromatic rings. The minimum Gasteiger partial charge on any atom is -0.478 e. The van der Waals surface area contributed by atoms with Gasteiger partial charge in [0.25, 0.3) is 5.91 Å². The van der Waals surface area contributed by atoms with Crippen molar-refractivity contribution in [3.8, 4) is 0 Å². The Balaban J connectivity index is 2.84. The molecule has 0 radical (unpaired) electrons. The van der Waals surface area contributed by atoms with E-state index >= 15 is 0 Å². The summed E-state index contributed by atoms with van der Waals surface area (Å²) in [6.45, 7) is 6.83. The summed E-state index contributed by atoms with van der Waals surface area (Å²) in [5.41, 5.74) is 0.924. The molecular weight excluding hydrogens is 274 g/mol. The Labute approximate surface area is 123 Å². The molecule has 1 heterocycles. The summed E-state index contributed by atoms with van der Waals surface area (Å²) in [5, 5.41) is 8.64. The quantitative estimate of drug-likeness (QED) is 0.819. The SMILES string of the molecule is CCC(C)CN(C)C(=O)c1cc(C)c(/C=C/C(=O)O)s1. The average molecular weight is 295 g/mol. The summed E-state index contributed by atoms with van der Waals surface area (Å²) in [7, 11) is 1.80. The summed E-state index contributed by atoms with van der Waals surface area (Å²) < 4.78 is 0. The summed E-state index contributed by atoms with van der Waals surface area (Å²) in [6, 6.07) is 1.82. The normalized spacial score (nSPS) is 12.6. The fourth-order valence-corrected chi connectivity index (χ4v) is 2.85. The molecule has 5 heteroatoms. The van der Waals surface area contributed by atoms with Gasteiger partial charge in [-0.2, -0.15) is 0 Å². The number of amides is 1. The number of nitrogens with zero attached hydrogens (tertiary/aromatic N) is 1. The first-order valence-corrected chi connectivity index (χ1v) is 7.43. The third kappa shape index (κ3) is 4.49. The minimum absolute atomic E-state index is 0.00613. The van der Waals surface area contributed by atoms with E-state index in [1.807, 2.05) is 13.0 Å². The molecule has 20 heavy (non-hydrogen) atoms. The number of hydrogen-bond donors (Lipinski definition) is 1. The number of aryl methyl sites for hydroxylation is 1. The molecule has 0 aliphatic rings. The second kappa shape index (κ2) is 7.24. The first-order valence-electron chi connectivity index (χ1n) is 6.62. The first-order chi connectivity index (χ1) is 9.35. The van der Waals surface area contributed by atoms with Gasteiger partial charge in [-0.1, -0.05) is 20.3 Å². The largest absolute Gasteiger partial charge is 0.478 e. The van der Waals surface area contributed by atoms with Crippen molar-refractivity contribution in [3.05, 3.63) is 27.5 Å². The van der Waals surface area contributed by atoms with Crippen LogP contribution in [0.2, 0.25) is 0 Å². The fraction of sp³-hybridized carbons (Fsp3) is 0.467. The molecule has 0 fully saturated rings. The lowest BCUT2D eigenvalue weighted by atomic mass is 10.1. The van der Waals surface area contributed by atoms with Crippen LogP contribution in [0.15, 0.2) is 12.1 Å². The van der Waals surface area contributed by atoms with Crippen LogP contribution in [0, 0.1) is 12.8 Å². The molecule has 0 saturated carbocycles. The van der Waals surface area contributed by atoms with Crippen LogP contribution < -0.4 is 0 Å². The lowest BCUT2D eigenvalue weighted by Gasteiger charge is -2.19. The van der Waals surface area contributed by atoms with Gasteiger partial charge in [-0.3, -0.25) is 4.79 Å². The van der Waals surface area contributed by atoms with Gasteiger partial charge in [-0.15, -0.1) is 11.3 Å². The van der Waals surface area contributed by atoms with Crippen LogP contribution in [-0.4, -0.2) is 35.5 Å². The van der Waals surface area contributed by atoms with E-state index < -0.39 is 5.97 Å². The van der Waals surface area contributed by atoms with E-state index in [9.17, 15) is 9.59 Å². The van der Waals surface area contributed by atoms with Crippen LogP contribution in [0.25, 0.3) is 6.08 Å². The topological polar surface area (TPSA) is 57.6 Å². The lowest BCUT2D eigenvalue weighted by molar-refractivity contribution is -0.131. The van der Waals surface area contributed by atoms with Crippen LogP contribution in [0.1, 0.15) is 40.4 Å². The van der Waals surface area contributed by atoms with Crippen LogP contribution in [0.5, 0.6) is 0 Å². The molecule has 1 atom stereocenters. The van der Waals surface area contributed by atoms with Gasteiger partial charge < -0.3 is 10.0 Å². The van der Waals surface area contributed by atoms with Crippen molar-refractivity contribution in [2.24, 2.45) is 5.92 Å². The van der Waals surface area contributed by atoms with Crippen molar-refractivity contribution >= 4 is 29.3 Å². The zero-order valence-electron chi connectivity index (χ0n) is 12.3. The van der Waals surface area contributed by atoms with E-state index in [0.29, 0.717) is 10.8 Å². The lowest BCUT2D eigenvalue weighted by Crippen LogP contribution is -2.30. The van der Waals surface area contributed by atoms with E-state index in [0.717, 1.165) is 29.5 Å². The Bertz CT molecular complexity index is 519. The van der Waals surface area contributed by atoms with Gasteiger partial charge in [0.15, 0.2) is 0 Å². The molecule has 4 nitrogen and oxygen atoms in total. The summed E-state index contributed by atoms with van der Waals surface area (Å²) in [5.74, 6) is -0.524. The van der Waals surface area contributed by atoms with Gasteiger partial charge in [0, 0.05) is 24.5 Å². The molecular formula is C15H21NO3S. The van der Waals surface area contributed by atoms with Gasteiger partial charge in [-0.05, 0) is 30.5 Å². The number of rotatable bonds is 6. The smallest absolute Gasteiger partial charge is 0.328 e. The van der Waals surface area contributed by atoms with Crippen molar-refractivity contribution in [2.45, 2.75) is 27.2 Å². The highest BCUT2D eigenvalue weighted by Crippen LogP contribution is 2.24. The van der Waals surface area contributed by atoms with Crippen molar-refractivity contribution in [2.75, 3.05) is 13.6 Å². The molecule has 1 N–H and O–H groups in total. The van der Waals surface area contributed by atoms with Crippen molar-refractivity contribution in [1.82, 2.24) is 4.90 Å². The molecule has 0 spiro atoms. The van der Waals surface area contributed by atoms with E-state index in [4.69, 9.17) is 5.11 Å². The number of carbonyl (C=O) groups is 2. The second-order valence-corrected chi connectivity index (χ2v) is 6.11. The Morgan fingerprint density at radius 2 is 2.15 bits per heavy atom. The molecule has 1 aromatic heterocycles. The van der Waals surface area contributed by atoms with Crippen LogP contribution in [-0.2, 0) is 4.79 Å². The Morgan fingerprint density at radius 1 is 1.50 bits per heavy atom. The molecule has 0 aromatic carbocycles. The van der Waals surface area contributed by atoms with Crippen LogP contribution in [0.4, 0.5) is 0 Å². The number of carboxylic acid groups (broad SMARTS) is 1. The number of thiophene rings is 1. The van der Waals surface area contributed by atoms with Crippen molar-refractivity contribution in [3.63, 3.8) is 0 Å². The molecule has 1 amide bonds. The Kier molecular flexibility index (Phi) is 5.95. The van der Waals surface area contributed by atoms with Gasteiger partial charge in [0.05, 0.1) is 4.88 Å². The third-order valence-corrected chi connectivity index (χ3v) is 4.36. The Hall–Kier alpha value is -1.62. The van der Waals surface area contributed by atoms with Crippen molar-refractivity contribution < 1.29 is 14.7 Å². The molecule has 0 aliphatic heterocycles. The van der Waals surface area contributed by atoms with Gasteiger partial charge >= 0.3 is 5.97 Å². The van der Waals surface area contributed by atoms with E-state index in [1.54, 1.807) is 11.9 Å². The predicted octanol–water partition coefficient (Wildman–Crippen LogP) is 3.27. The van der Waals surface area contributed by atoms with E-state index in [2.05, 4.69) is 13.8 Å². The van der Waals surface area contributed by atoms with Crippen LogP contribution in [0.3, 0.4) is 0 Å². The van der Waals surface area contributed by atoms with Crippen LogP contribution >= 0.6 is 11.3 Å². The number of carbonyl (C=O) groups excluding carboxylic acids is 1. The van der Waals surface area contributed by atoms with Crippen molar-refractivity contribution in [1.29, 1.82) is 0 Å². The molecule has 1 unspecified atom stereocenters. The standard InChI is InChI=1S/C15H21NO3S/c1-5-10(2)9-16(4)15(19)13-8-11(3)12(20-13)6-7-14(17)18/h6-8,10H,5,9H2,1-4H3,(H,17,18)/b7-6+. The monoisotopic (exact) mass is 295 g/mol. The highest BCUT2D eigenvalue weighted by Gasteiger charge is 2.17. The molecule has 0 bridgehead atoms. The van der Waals surface area contributed by atoms with Gasteiger partial charge in [0.2, 0.25) is 0 Å². The van der Waals surface area contributed by atoms with Gasteiger partial charge in [-0.25, -0.2) is 4.79 Å². The molecule has 0 aliphatic carbocycles. The minimum atomic E-state index is -0.987. The maximum absolute atomic E-state index is 12.3. The summed E-state index contributed by atoms with van der Waals surface area (Å²) in [4.78, 5) is 26.0. The molecule has 1 rings (SSSR count). The fourth-order valence-electron chi connectivity index (χ4n) is 1.78. The Morgan fingerprint density at radius 3 is 2.70 bits per heavy atom. The zero-order chi connectivity index (χ0) is 15.3. The maximum atomic E-state index is 12.3. The predicted molar refractivity (Wildman–Crippen MR) is 82.1 cm³/mol. The summed E-state index contributed by atoms with van der Waals surface area (Å²) >= 11 is 1.33.